The predicted molar refractivity (Wildman–Crippen MR) is 247 cm³/mol. The van der Waals surface area contributed by atoms with Gasteiger partial charge in [0.15, 0.2) is 0 Å². The highest BCUT2D eigenvalue weighted by Gasteiger charge is 2.26. The van der Waals surface area contributed by atoms with E-state index < -0.39 is 13.9 Å². The van der Waals surface area contributed by atoms with Gasteiger partial charge in [-0.3, -0.25) is 13.8 Å². The molecule has 0 aromatic carbocycles. The van der Waals surface area contributed by atoms with Crippen LogP contribution in [0.25, 0.3) is 0 Å². The second-order valence-electron chi connectivity index (χ2n) is 18.2. The van der Waals surface area contributed by atoms with E-state index in [2.05, 4.69) is 26.0 Å². The summed E-state index contributed by atoms with van der Waals surface area (Å²) in [5.74, 6) is -0.321. The Morgan fingerprint density at radius 3 is 1.38 bits per heavy atom. The van der Waals surface area contributed by atoms with Gasteiger partial charge < -0.3 is 18.9 Å². The molecule has 0 radical (unpaired) electrons. The number of phosphoric ester groups is 1. The van der Waals surface area contributed by atoms with Gasteiger partial charge in [0.2, 0.25) is 0 Å². The molecule has 0 rings (SSSR count). The molecule has 0 heterocycles. The molecule has 0 spiro atoms. The van der Waals surface area contributed by atoms with Crippen LogP contribution in [0.1, 0.15) is 239 Å². The summed E-state index contributed by atoms with van der Waals surface area (Å²) in [7, 11) is 1.67. The average molecular weight is 845 g/mol. The quantitative estimate of drug-likeness (QED) is 0.0214. The number of hydrogen-bond donors (Lipinski definition) is 1. The van der Waals surface area contributed by atoms with Crippen molar-refractivity contribution >= 4 is 13.8 Å². The highest BCUT2D eigenvalue weighted by molar-refractivity contribution is 7.47. The zero-order chi connectivity index (χ0) is 42.7. The maximum absolute atomic E-state index is 12.6. The summed E-state index contributed by atoms with van der Waals surface area (Å²) in [6.07, 6.45) is 48.5. The molecular formula is C49H99NO7P+. The number of carbonyl (C=O) groups excluding carboxylic acids is 1. The fourth-order valence-electron chi connectivity index (χ4n) is 7.20. The Kier molecular flexibility index (Phi) is 42.3. The largest absolute Gasteiger partial charge is 0.472 e. The van der Waals surface area contributed by atoms with Crippen LogP contribution < -0.4 is 0 Å². The van der Waals surface area contributed by atoms with Crippen molar-refractivity contribution < 1.29 is 37.3 Å². The van der Waals surface area contributed by atoms with Crippen LogP contribution in [0.4, 0.5) is 0 Å². The fourth-order valence-corrected chi connectivity index (χ4v) is 7.95. The number of unbranched alkanes of at least 4 members (excludes halogenated alkanes) is 31. The first-order chi connectivity index (χ1) is 28.1. The van der Waals surface area contributed by atoms with Crippen LogP contribution in [0.15, 0.2) is 12.2 Å². The lowest BCUT2D eigenvalue weighted by molar-refractivity contribution is -0.870. The van der Waals surface area contributed by atoms with Gasteiger partial charge >= 0.3 is 13.8 Å². The Hall–Kier alpha value is -0.760. The number of nitrogens with zero attached hydrogens (tertiary/aromatic N) is 1. The summed E-state index contributed by atoms with van der Waals surface area (Å²) in [5.41, 5.74) is 0. The number of likely N-dealkylation sites (N-methyl/N-ethyl adjacent to an activating group) is 1. The van der Waals surface area contributed by atoms with Gasteiger partial charge in [-0.25, -0.2) is 4.57 Å². The number of rotatable bonds is 47. The van der Waals surface area contributed by atoms with Crippen molar-refractivity contribution in [1.82, 2.24) is 0 Å². The van der Waals surface area contributed by atoms with E-state index in [0.717, 1.165) is 51.4 Å². The molecule has 0 aliphatic heterocycles. The van der Waals surface area contributed by atoms with Crippen molar-refractivity contribution in [3.63, 3.8) is 0 Å². The topological polar surface area (TPSA) is 91.3 Å². The Morgan fingerprint density at radius 1 is 0.517 bits per heavy atom. The Labute approximate surface area is 360 Å². The monoisotopic (exact) mass is 845 g/mol. The van der Waals surface area contributed by atoms with Crippen LogP contribution in [-0.2, 0) is 27.9 Å². The maximum atomic E-state index is 12.6. The molecule has 8 nitrogen and oxygen atoms in total. The van der Waals surface area contributed by atoms with Gasteiger partial charge in [-0.2, -0.15) is 0 Å². The lowest BCUT2D eigenvalue weighted by Gasteiger charge is -2.24. The zero-order valence-electron chi connectivity index (χ0n) is 39.3. The number of allylic oxidation sites excluding steroid dienone is 2. The number of quaternary nitrogens is 1. The predicted octanol–water partition coefficient (Wildman–Crippen LogP) is 15.0. The summed E-state index contributed by atoms with van der Waals surface area (Å²) in [5, 5.41) is 0. The molecule has 58 heavy (non-hydrogen) atoms. The van der Waals surface area contributed by atoms with Crippen molar-refractivity contribution in [1.29, 1.82) is 0 Å². The third-order valence-electron chi connectivity index (χ3n) is 11.1. The first kappa shape index (κ1) is 57.2. The third-order valence-corrected chi connectivity index (χ3v) is 12.0. The number of esters is 1. The van der Waals surface area contributed by atoms with E-state index in [4.69, 9.17) is 18.5 Å². The number of carbonyl (C=O) groups is 1. The lowest BCUT2D eigenvalue weighted by atomic mass is 10.0. The molecule has 2 unspecified atom stereocenters. The van der Waals surface area contributed by atoms with Crippen molar-refractivity contribution in [2.24, 2.45) is 0 Å². The van der Waals surface area contributed by atoms with Gasteiger partial charge in [0.1, 0.15) is 19.3 Å². The van der Waals surface area contributed by atoms with Gasteiger partial charge in [-0.1, -0.05) is 212 Å². The molecule has 0 fully saturated rings. The van der Waals surface area contributed by atoms with E-state index in [1.54, 1.807) is 0 Å². The Morgan fingerprint density at radius 2 is 0.931 bits per heavy atom. The number of hydrogen-bond acceptors (Lipinski definition) is 6. The lowest BCUT2D eigenvalue weighted by Crippen LogP contribution is -2.37. The second-order valence-corrected chi connectivity index (χ2v) is 19.7. The molecule has 0 aliphatic carbocycles. The van der Waals surface area contributed by atoms with E-state index in [-0.39, 0.29) is 25.8 Å². The first-order valence-electron chi connectivity index (χ1n) is 24.9. The minimum atomic E-state index is -4.27. The molecule has 1 N–H and O–H groups in total. The summed E-state index contributed by atoms with van der Waals surface area (Å²) >= 11 is 0. The molecule has 0 aliphatic rings. The highest BCUT2D eigenvalue weighted by Crippen LogP contribution is 2.43. The van der Waals surface area contributed by atoms with E-state index in [9.17, 15) is 14.3 Å². The van der Waals surface area contributed by atoms with Crippen molar-refractivity contribution in [2.45, 2.75) is 245 Å². The molecule has 346 valence electrons. The van der Waals surface area contributed by atoms with Gasteiger partial charge in [-0.05, 0) is 32.1 Å². The summed E-state index contributed by atoms with van der Waals surface area (Å²) in [4.78, 5) is 22.8. The standard InChI is InChI=1S/C49H98NO7P/c1-6-8-10-12-14-16-18-19-20-21-22-23-24-25-26-27-28-29-30-31-32-33-35-37-39-41-44-54-46-48(47-56-58(52,53)55-45-43-50(3,4)5)57-49(51)42-40-38-36-34-17-15-13-11-9-7-2/h11,13,48H,6-10,12,14-47H2,1-5H3/p+1/b13-11-. The minimum absolute atomic E-state index is 0.0901. The van der Waals surface area contributed by atoms with E-state index in [0.29, 0.717) is 24.1 Å². The van der Waals surface area contributed by atoms with Crippen molar-refractivity contribution in [3.8, 4) is 0 Å². The molecular weight excluding hydrogens is 746 g/mol. The SMILES string of the molecule is CCC/C=C\CCCCCCCC(=O)OC(COCCCCCCCCCCCCCCCCCCCCCCCCCCCC)COP(=O)(O)OCC[N+](C)(C)C. The van der Waals surface area contributed by atoms with Crippen LogP contribution >= 0.6 is 7.82 Å². The van der Waals surface area contributed by atoms with E-state index in [1.165, 1.54) is 167 Å². The molecule has 0 bridgehead atoms. The van der Waals surface area contributed by atoms with Crippen molar-refractivity contribution in [3.05, 3.63) is 12.2 Å². The fraction of sp³-hybridized carbons (Fsp3) is 0.939. The molecule has 0 saturated carbocycles. The Bertz CT molecular complexity index is 940. The van der Waals surface area contributed by atoms with E-state index in [1.807, 2.05) is 21.1 Å². The highest BCUT2D eigenvalue weighted by atomic mass is 31.2. The van der Waals surface area contributed by atoms with Gasteiger partial charge in [0, 0.05) is 13.0 Å². The third kappa shape index (κ3) is 46.3. The number of phosphoric acid groups is 1. The molecule has 0 saturated heterocycles. The van der Waals surface area contributed by atoms with E-state index >= 15 is 0 Å². The molecule has 0 amide bonds. The molecule has 2 atom stereocenters. The second kappa shape index (κ2) is 42.9. The molecule has 0 aromatic rings. The van der Waals surface area contributed by atoms with Gasteiger partial charge in [-0.15, -0.1) is 0 Å². The molecule has 9 heteroatoms. The average Bonchev–Trinajstić information content (AvgIpc) is 3.18. The summed E-state index contributed by atoms with van der Waals surface area (Å²) in [6.45, 7) is 5.60. The van der Waals surface area contributed by atoms with Crippen LogP contribution in [0.3, 0.4) is 0 Å². The minimum Gasteiger partial charge on any atom is -0.457 e. The summed E-state index contributed by atoms with van der Waals surface area (Å²) < 4.78 is 35.0. The normalized spacial score (nSPS) is 13.7. The summed E-state index contributed by atoms with van der Waals surface area (Å²) in [6, 6.07) is 0. The van der Waals surface area contributed by atoms with Crippen LogP contribution in [0.2, 0.25) is 0 Å². The van der Waals surface area contributed by atoms with Crippen molar-refractivity contribution in [2.75, 3.05) is 54.1 Å². The first-order valence-corrected chi connectivity index (χ1v) is 26.4. The maximum Gasteiger partial charge on any atom is 0.472 e. The smallest absolute Gasteiger partial charge is 0.457 e. The van der Waals surface area contributed by atoms with Gasteiger partial charge in [0.25, 0.3) is 0 Å². The zero-order valence-corrected chi connectivity index (χ0v) is 40.2. The van der Waals surface area contributed by atoms with Crippen LogP contribution in [-0.4, -0.2) is 75.6 Å². The number of ether oxygens (including phenoxy) is 2. The van der Waals surface area contributed by atoms with Crippen LogP contribution in [0, 0.1) is 0 Å². The Balaban J connectivity index is 3.94. The van der Waals surface area contributed by atoms with Crippen LogP contribution in [0.5, 0.6) is 0 Å². The van der Waals surface area contributed by atoms with Gasteiger partial charge in [0.05, 0.1) is 34.4 Å². The molecule has 0 aromatic heterocycles.